The summed E-state index contributed by atoms with van der Waals surface area (Å²) in [4.78, 5) is 2.45. The molecule has 0 amide bonds. The molecule has 0 unspecified atom stereocenters. The van der Waals surface area contributed by atoms with E-state index < -0.39 is 0 Å². The van der Waals surface area contributed by atoms with E-state index in [0.717, 1.165) is 22.7 Å². The van der Waals surface area contributed by atoms with Crippen LogP contribution in [0.2, 0.25) is 0 Å². The highest BCUT2D eigenvalue weighted by molar-refractivity contribution is 6.22. The van der Waals surface area contributed by atoms with Gasteiger partial charge in [0.25, 0.3) is 0 Å². The first-order chi connectivity index (χ1) is 29.0. The molecule has 0 saturated carbocycles. The zero-order chi connectivity index (χ0) is 39.2. The fourth-order valence-corrected chi connectivity index (χ4v) is 10.1. The molecule has 2 nitrogen and oxygen atoms in total. The highest BCUT2D eigenvalue weighted by Gasteiger charge is 2.36. The van der Waals surface area contributed by atoms with Gasteiger partial charge in [-0.15, -0.1) is 0 Å². The van der Waals surface area contributed by atoms with Crippen LogP contribution in [0.25, 0.3) is 83.1 Å². The summed E-state index contributed by atoms with van der Waals surface area (Å²) in [7, 11) is 0. The van der Waals surface area contributed by atoms with Crippen molar-refractivity contribution in [2.24, 2.45) is 0 Å². The van der Waals surface area contributed by atoms with E-state index in [9.17, 15) is 0 Å². The van der Waals surface area contributed by atoms with Crippen LogP contribution >= 0.6 is 0 Å². The largest absolute Gasteiger partial charge is 0.310 e. The minimum absolute atomic E-state index is 0.120. The normalized spacial score (nSPS) is 13.1. The highest BCUT2D eigenvalue weighted by Crippen LogP contribution is 2.54. The van der Waals surface area contributed by atoms with Gasteiger partial charge in [0, 0.05) is 44.7 Å². The first-order valence-corrected chi connectivity index (χ1v) is 20.6. The molecule has 2 aliphatic rings. The molecular weight excluding hydrogens is 713 g/mol. The van der Waals surface area contributed by atoms with E-state index >= 15 is 0 Å². The maximum Gasteiger partial charge on any atom is 0.0626 e. The predicted octanol–water partition coefficient (Wildman–Crippen LogP) is 15.5. The number of hydrogen-bond donors (Lipinski definition) is 0. The average molecular weight is 753 g/mol. The molecule has 0 radical (unpaired) electrons. The highest BCUT2D eigenvalue weighted by atomic mass is 15.1. The Morgan fingerprint density at radius 2 is 0.949 bits per heavy atom. The Hall–Kier alpha value is -7.42. The van der Waals surface area contributed by atoms with Crippen molar-refractivity contribution in [1.82, 2.24) is 4.57 Å². The molecule has 0 fully saturated rings. The lowest BCUT2D eigenvalue weighted by atomic mass is 9.82. The van der Waals surface area contributed by atoms with Gasteiger partial charge >= 0.3 is 0 Å². The second kappa shape index (κ2) is 12.8. The number of fused-ring (bicyclic) bond motifs is 8. The van der Waals surface area contributed by atoms with Gasteiger partial charge in [-0.25, -0.2) is 0 Å². The number of rotatable bonds is 6. The zero-order valence-electron chi connectivity index (χ0n) is 33.0. The maximum atomic E-state index is 2.51. The number of hydrogen-bond acceptors (Lipinski definition) is 1. The molecule has 0 aliphatic heterocycles. The van der Waals surface area contributed by atoms with Crippen LogP contribution < -0.4 is 4.90 Å². The third-order valence-electron chi connectivity index (χ3n) is 12.9. The van der Waals surface area contributed by atoms with Crippen LogP contribution in [0.3, 0.4) is 0 Å². The van der Waals surface area contributed by atoms with E-state index in [4.69, 9.17) is 0 Å². The van der Waals surface area contributed by atoms with Crippen LogP contribution in [0.5, 0.6) is 0 Å². The quantitative estimate of drug-likeness (QED) is 0.164. The van der Waals surface area contributed by atoms with Gasteiger partial charge in [0.05, 0.1) is 11.2 Å². The molecule has 9 aromatic carbocycles. The molecular formula is C57H40N2. The van der Waals surface area contributed by atoms with E-state index in [1.165, 1.54) is 88.6 Å². The first-order valence-electron chi connectivity index (χ1n) is 20.6. The van der Waals surface area contributed by atoms with Crippen LogP contribution in [0.4, 0.5) is 17.1 Å². The zero-order valence-corrected chi connectivity index (χ0v) is 33.0. The fourth-order valence-electron chi connectivity index (χ4n) is 10.1. The summed E-state index contributed by atoms with van der Waals surface area (Å²) in [5.74, 6) is 0. The molecule has 0 saturated heterocycles. The van der Waals surface area contributed by atoms with Crippen molar-refractivity contribution >= 4 is 38.7 Å². The second-order valence-corrected chi connectivity index (χ2v) is 16.5. The topological polar surface area (TPSA) is 8.17 Å². The fraction of sp³-hybridized carbons (Fsp3) is 0.0526. The lowest BCUT2D eigenvalue weighted by Crippen LogP contribution is -2.16. The minimum atomic E-state index is -0.120. The molecule has 0 spiro atoms. The Kier molecular flexibility index (Phi) is 7.31. The van der Waals surface area contributed by atoms with Crippen LogP contribution in [0.15, 0.2) is 206 Å². The standard InChI is InChI=1S/C57H40N2/c1-57(2)51-22-10-9-19-46(51)47-33-31-44(35-52(47)57)58(42-27-23-39(24-28-42)37-13-5-3-6-14-37)45-32-34-48-53(36-45)59(43-29-25-40(26-30-43)38-15-7-4-8-16-38)56-50-21-12-18-41-17-11-20-49(54(41)50)55(48)56/h3-36H,1-2H3. The second-order valence-electron chi connectivity index (χ2n) is 16.5. The summed E-state index contributed by atoms with van der Waals surface area (Å²) < 4.78 is 2.51. The molecule has 0 N–H and O–H groups in total. The van der Waals surface area contributed by atoms with Gasteiger partial charge in [-0.05, 0) is 109 Å². The Morgan fingerprint density at radius 1 is 0.407 bits per heavy atom. The van der Waals surface area contributed by atoms with Gasteiger partial charge in [-0.1, -0.05) is 172 Å². The summed E-state index contributed by atoms with van der Waals surface area (Å²) in [5.41, 5.74) is 21.0. The summed E-state index contributed by atoms with van der Waals surface area (Å²) in [6, 6.07) is 76.1. The monoisotopic (exact) mass is 752 g/mol. The molecule has 10 aromatic rings. The van der Waals surface area contributed by atoms with E-state index in [1.54, 1.807) is 0 Å². The van der Waals surface area contributed by atoms with Crippen molar-refractivity contribution in [3.63, 3.8) is 0 Å². The van der Waals surface area contributed by atoms with Gasteiger partial charge in [0.1, 0.15) is 0 Å². The summed E-state index contributed by atoms with van der Waals surface area (Å²) in [6.07, 6.45) is 0. The van der Waals surface area contributed by atoms with E-state index in [-0.39, 0.29) is 5.41 Å². The maximum absolute atomic E-state index is 2.51. The lowest BCUT2D eigenvalue weighted by molar-refractivity contribution is 0.660. The number of nitrogens with zero attached hydrogens (tertiary/aromatic N) is 2. The molecule has 1 heterocycles. The Balaban J connectivity index is 1.08. The molecule has 278 valence electrons. The molecule has 0 bridgehead atoms. The lowest BCUT2D eigenvalue weighted by Gasteiger charge is -2.28. The molecule has 59 heavy (non-hydrogen) atoms. The third kappa shape index (κ3) is 5.06. The van der Waals surface area contributed by atoms with Crippen LogP contribution in [-0.4, -0.2) is 4.57 Å². The summed E-state index contributed by atoms with van der Waals surface area (Å²) in [6.45, 7) is 4.73. The van der Waals surface area contributed by atoms with Gasteiger partial charge in [-0.3, -0.25) is 0 Å². The molecule has 12 rings (SSSR count). The molecule has 2 aliphatic carbocycles. The average Bonchev–Trinajstić information content (AvgIpc) is 3.88. The number of benzene rings is 9. The third-order valence-corrected chi connectivity index (χ3v) is 12.9. The summed E-state index contributed by atoms with van der Waals surface area (Å²) >= 11 is 0. The predicted molar refractivity (Wildman–Crippen MR) is 248 cm³/mol. The van der Waals surface area contributed by atoms with Crippen molar-refractivity contribution in [1.29, 1.82) is 0 Å². The van der Waals surface area contributed by atoms with Crippen LogP contribution in [0, 0.1) is 0 Å². The van der Waals surface area contributed by atoms with Crippen molar-refractivity contribution in [3.8, 4) is 61.5 Å². The Morgan fingerprint density at radius 3 is 1.66 bits per heavy atom. The van der Waals surface area contributed by atoms with Gasteiger partial charge in [0.2, 0.25) is 0 Å². The summed E-state index contributed by atoms with van der Waals surface area (Å²) in [5, 5.41) is 3.87. The van der Waals surface area contributed by atoms with Crippen LogP contribution in [-0.2, 0) is 5.41 Å². The smallest absolute Gasteiger partial charge is 0.0626 e. The van der Waals surface area contributed by atoms with Crippen LogP contribution in [0.1, 0.15) is 25.0 Å². The van der Waals surface area contributed by atoms with Gasteiger partial charge < -0.3 is 9.47 Å². The first kappa shape index (κ1) is 33.7. The van der Waals surface area contributed by atoms with Crippen molar-refractivity contribution in [3.05, 3.63) is 217 Å². The number of anilines is 3. The van der Waals surface area contributed by atoms with E-state index in [1.807, 2.05) is 0 Å². The van der Waals surface area contributed by atoms with Crippen molar-refractivity contribution < 1.29 is 0 Å². The van der Waals surface area contributed by atoms with Gasteiger partial charge in [0.15, 0.2) is 0 Å². The SMILES string of the molecule is CC1(C)c2ccccc2-c2ccc(N(c3ccc(-c4ccccc4)cc3)c3ccc4c5c(n(-c6ccc(-c7ccccc7)cc6)c4c3)-c3cccc4cccc-5c34)cc21. The molecule has 2 heteroatoms. The Labute approximate surface area is 344 Å². The van der Waals surface area contributed by atoms with E-state index in [0.29, 0.717) is 0 Å². The molecule has 0 atom stereocenters. The minimum Gasteiger partial charge on any atom is -0.310 e. The van der Waals surface area contributed by atoms with Gasteiger partial charge in [-0.2, -0.15) is 0 Å². The molecule has 1 aromatic heterocycles. The number of aromatic nitrogens is 1. The Bertz CT molecular complexity index is 3260. The van der Waals surface area contributed by atoms with Crippen molar-refractivity contribution in [2.75, 3.05) is 4.90 Å². The van der Waals surface area contributed by atoms with Crippen molar-refractivity contribution in [2.45, 2.75) is 19.3 Å². The van der Waals surface area contributed by atoms with E-state index in [2.05, 4.69) is 230 Å².